The number of hydrogen-bond donors (Lipinski definition) is 1. The van der Waals surface area contributed by atoms with Gasteiger partial charge in [-0.25, -0.2) is 4.98 Å². The number of hydrogen-bond acceptors (Lipinski definition) is 5. The van der Waals surface area contributed by atoms with Crippen molar-refractivity contribution in [1.29, 1.82) is 0 Å². The summed E-state index contributed by atoms with van der Waals surface area (Å²) >= 11 is 0. The van der Waals surface area contributed by atoms with Crippen molar-refractivity contribution in [1.82, 2.24) is 19.8 Å². The summed E-state index contributed by atoms with van der Waals surface area (Å²) in [5.74, 6) is -0.266. The fraction of sp³-hybridized carbons (Fsp3) is 0.250. The molecule has 0 atom stereocenters. The number of carbonyl (C=O) groups excluding carboxylic acids is 2. The van der Waals surface area contributed by atoms with Crippen molar-refractivity contribution in [3.05, 3.63) is 77.7 Å². The average Bonchev–Trinajstić information content (AvgIpc) is 2.80. The van der Waals surface area contributed by atoms with E-state index < -0.39 is 0 Å². The lowest BCUT2D eigenvalue weighted by Gasteiger charge is -2.32. The summed E-state index contributed by atoms with van der Waals surface area (Å²) < 4.78 is 0. The number of piperazine rings is 1. The van der Waals surface area contributed by atoms with Crippen LogP contribution in [0.1, 0.15) is 29.4 Å². The largest absolute Gasteiger partial charge is 0.336 e. The highest BCUT2D eigenvalue weighted by Crippen LogP contribution is 2.20. The number of carbonyl (C=O) groups is 2. The minimum absolute atomic E-state index is 0. The summed E-state index contributed by atoms with van der Waals surface area (Å²) in [6, 6.07) is 16.6. The second-order valence-electron chi connectivity index (χ2n) is 7.68. The van der Waals surface area contributed by atoms with Crippen LogP contribution in [0.5, 0.6) is 0 Å². The van der Waals surface area contributed by atoms with Crippen molar-refractivity contribution in [2.45, 2.75) is 6.92 Å². The molecule has 1 fully saturated rings. The van der Waals surface area contributed by atoms with Crippen LogP contribution in [0.15, 0.2) is 60.8 Å². The van der Waals surface area contributed by atoms with E-state index in [2.05, 4.69) is 27.2 Å². The lowest BCUT2D eigenvalue weighted by Crippen LogP contribution is -2.47. The van der Waals surface area contributed by atoms with Gasteiger partial charge in [-0.15, -0.1) is 0 Å². The minimum atomic E-state index is -0.306. The normalized spacial score (nSPS) is 14.3. The molecule has 0 aliphatic carbocycles. The van der Waals surface area contributed by atoms with Crippen LogP contribution in [0.25, 0.3) is 11.3 Å². The van der Waals surface area contributed by atoms with E-state index in [1.807, 2.05) is 47.4 Å². The molecule has 2 aromatic carbocycles. The van der Waals surface area contributed by atoms with Gasteiger partial charge in [-0.05, 0) is 38.2 Å². The molecular formula is C24H29N5O2. The summed E-state index contributed by atoms with van der Waals surface area (Å²) in [6.45, 7) is 5.00. The Labute approximate surface area is 184 Å². The smallest absolute Gasteiger partial charge is 0.276 e. The van der Waals surface area contributed by atoms with Crippen LogP contribution in [0.3, 0.4) is 0 Å². The first-order valence-corrected chi connectivity index (χ1v) is 10.3. The first-order chi connectivity index (χ1) is 15.0. The summed E-state index contributed by atoms with van der Waals surface area (Å²) in [6.07, 6.45) is 1.64. The number of rotatable bonds is 4. The van der Waals surface area contributed by atoms with Crippen LogP contribution in [-0.2, 0) is 0 Å². The molecule has 162 valence electrons. The lowest BCUT2D eigenvalue weighted by molar-refractivity contribution is 0.0664. The minimum Gasteiger partial charge on any atom is -0.336 e. The van der Waals surface area contributed by atoms with Crippen LogP contribution in [0.2, 0.25) is 0 Å². The van der Waals surface area contributed by atoms with Gasteiger partial charge in [0, 0.05) is 45.8 Å². The summed E-state index contributed by atoms with van der Waals surface area (Å²) in [5.41, 5.74) is 3.57. The van der Waals surface area contributed by atoms with Crippen molar-refractivity contribution < 1.29 is 12.4 Å². The molecule has 0 unspecified atom stereocenters. The highest BCUT2D eigenvalue weighted by molar-refractivity contribution is 6.03. The number of amides is 2. The Hall–Kier alpha value is -3.58. The molecule has 0 saturated carbocycles. The van der Waals surface area contributed by atoms with Gasteiger partial charge in [-0.2, -0.15) is 0 Å². The van der Waals surface area contributed by atoms with Gasteiger partial charge >= 0.3 is 0 Å². The van der Waals surface area contributed by atoms with E-state index in [0.717, 1.165) is 31.7 Å². The third-order valence-electron chi connectivity index (χ3n) is 5.42. The molecule has 0 radical (unpaired) electrons. The number of likely N-dealkylation sites (N-methyl/N-ethyl adjacent to an activating group) is 1. The van der Waals surface area contributed by atoms with Crippen LogP contribution in [-0.4, -0.2) is 64.8 Å². The fourth-order valence-corrected chi connectivity index (χ4v) is 3.49. The Morgan fingerprint density at radius 3 is 2.32 bits per heavy atom. The first-order valence-electron chi connectivity index (χ1n) is 10.3. The molecule has 7 nitrogen and oxygen atoms in total. The molecule has 7 heteroatoms. The quantitative estimate of drug-likeness (QED) is 0.699. The average molecular weight is 420 g/mol. The van der Waals surface area contributed by atoms with Crippen LogP contribution in [0, 0.1) is 6.92 Å². The van der Waals surface area contributed by atoms with E-state index in [1.54, 1.807) is 25.3 Å². The number of nitrogens with one attached hydrogen (secondary N) is 1. The molecular weight excluding hydrogens is 390 g/mol. The van der Waals surface area contributed by atoms with E-state index in [1.165, 1.54) is 0 Å². The van der Waals surface area contributed by atoms with Crippen molar-refractivity contribution in [2.24, 2.45) is 0 Å². The van der Waals surface area contributed by atoms with E-state index in [9.17, 15) is 9.59 Å². The van der Waals surface area contributed by atoms with Gasteiger partial charge in [0.25, 0.3) is 11.8 Å². The number of para-hydroxylation sites is 1. The molecule has 1 aliphatic rings. The Balaban J connectivity index is 0.00000193. The molecule has 1 aromatic heterocycles. The Morgan fingerprint density at radius 2 is 1.65 bits per heavy atom. The maximum atomic E-state index is 12.7. The fourth-order valence-electron chi connectivity index (χ4n) is 3.49. The maximum Gasteiger partial charge on any atom is 0.276 e. The molecule has 2 heterocycles. The van der Waals surface area contributed by atoms with Crippen molar-refractivity contribution >= 4 is 17.5 Å². The Bertz CT molecular complexity index is 1090. The molecule has 2 amide bonds. The number of nitrogens with zero attached hydrogens (tertiary/aromatic N) is 4. The third kappa shape index (κ3) is 4.78. The molecule has 31 heavy (non-hydrogen) atoms. The van der Waals surface area contributed by atoms with Gasteiger partial charge in [0.1, 0.15) is 5.69 Å². The van der Waals surface area contributed by atoms with Crippen LogP contribution in [0.4, 0.5) is 5.69 Å². The standard InChI is InChI=1S/C24H25N5O2.2H2/c1-17-22(23(30)26-20-6-4-3-5-7-20)27-21(16-25-17)18-8-10-19(11-9-18)24(31)29-14-12-28(2)13-15-29;;/h3-11,16H,12-15H2,1-2H3,(H,26,30);2*1H. The number of aryl methyl sites for hydroxylation is 1. The van der Waals surface area contributed by atoms with Gasteiger partial charge in [0.15, 0.2) is 0 Å². The SMILES string of the molecule is Cc1ncc(-c2ccc(C(=O)N3CCN(C)CC3)cc2)nc1C(=O)Nc1ccccc1.[HH].[HH]. The van der Waals surface area contributed by atoms with Gasteiger partial charge < -0.3 is 15.1 Å². The van der Waals surface area contributed by atoms with E-state index in [0.29, 0.717) is 22.6 Å². The van der Waals surface area contributed by atoms with Crippen molar-refractivity contribution in [3.8, 4) is 11.3 Å². The molecule has 0 bridgehead atoms. The van der Waals surface area contributed by atoms with Crippen LogP contribution >= 0.6 is 0 Å². The first kappa shape index (κ1) is 20.7. The predicted molar refractivity (Wildman–Crippen MR) is 124 cm³/mol. The highest BCUT2D eigenvalue weighted by atomic mass is 16.2. The number of aromatic nitrogens is 2. The van der Waals surface area contributed by atoms with Gasteiger partial charge in [0.05, 0.1) is 17.6 Å². The molecule has 0 spiro atoms. The van der Waals surface area contributed by atoms with Gasteiger partial charge in [-0.3, -0.25) is 14.6 Å². The van der Waals surface area contributed by atoms with E-state index >= 15 is 0 Å². The topological polar surface area (TPSA) is 78.4 Å². The third-order valence-corrected chi connectivity index (χ3v) is 5.42. The predicted octanol–water partition coefficient (Wildman–Crippen LogP) is 3.58. The summed E-state index contributed by atoms with van der Waals surface area (Å²) in [7, 11) is 2.06. The van der Waals surface area contributed by atoms with E-state index in [-0.39, 0.29) is 20.4 Å². The summed E-state index contributed by atoms with van der Waals surface area (Å²) in [5, 5.41) is 2.85. The maximum absolute atomic E-state index is 12.7. The van der Waals surface area contributed by atoms with Crippen LogP contribution < -0.4 is 5.32 Å². The van der Waals surface area contributed by atoms with Gasteiger partial charge in [0.2, 0.25) is 0 Å². The second kappa shape index (κ2) is 9.06. The molecule has 1 N–H and O–H groups in total. The zero-order chi connectivity index (χ0) is 21.8. The molecule has 4 rings (SSSR count). The zero-order valence-corrected chi connectivity index (χ0v) is 17.7. The monoisotopic (exact) mass is 419 g/mol. The lowest BCUT2D eigenvalue weighted by atomic mass is 10.1. The molecule has 1 saturated heterocycles. The number of anilines is 1. The van der Waals surface area contributed by atoms with Crippen molar-refractivity contribution in [3.63, 3.8) is 0 Å². The van der Waals surface area contributed by atoms with E-state index in [4.69, 9.17) is 0 Å². The number of benzene rings is 2. The Morgan fingerprint density at radius 1 is 0.968 bits per heavy atom. The second-order valence-corrected chi connectivity index (χ2v) is 7.68. The summed E-state index contributed by atoms with van der Waals surface area (Å²) in [4.78, 5) is 38.4. The zero-order valence-electron chi connectivity index (χ0n) is 17.7. The van der Waals surface area contributed by atoms with Crippen molar-refractivity contribution in [2.75, 3.05) is 38.5 Å². The Kier molecular flexibility index (Phi) is 6.04. The molecule has 3 aromatic rings. The molecule has 1 aliphatic heterocycles. The van der Waals surface area contributed by atoms with Gasteiger partial charge in [-0.1, -0.05) is 30.3 Å². The highest BCUT2D eigenvalue weighted by Gasteiger charge is 2.20.